The van der Waals surface area contributed by atoms with Crippen LogP contribution in [0.4, 0.5) is 0 Å². The Morgan fingerprint density at radius 1 is 0.962 bits per heavy atom. The molecular formula is C22H19N3O. The number of aryl methyl sites for hydroxylation is 1. The minimum Gasteiger partial charge on any atom is -0.326 e. The lowest BCUT2D eigenvalue weighted by atomic mass is 9.97. The summed E-state index contributed by atoms with van der Waals surface area (Å²) in [5, 5.41) is 0.621. The summed E-state index contributed by atoms with van der Waals surface area (Å²) >= 11 is 0. The van der Waals surface area contributed by atoms with E-state index in [2.05, 4.69) is 0 Å². The van der Waals surface area contributed by atoms with Gasteiger partial charge in [0, 0.05) is 30.9 Å². The molecule has 26 heavy (non-hydrogen) atoms. The van der Waals surface area contributed by atoms with Crippen LogP contribution in [0.5, 0.6) is 0 Å². The number of pyridine rings is 2. The number of nitrogens with zero attached hydrogens (tertiary/aromatic N) is 2. The molecule has 2 aromatic heterocycles. The van der Waals surface area contributed by atoms with Gasteiger partial charge in [0.25, 0.3) is 5.56 Å². The number of rotatable bonds is 3. The van der Waals surface area contributed by atoms with Crippen molar-refractivity contribution in [2.45, 2.75) is 6.54 Å². The topological polar surface area (TPSA) is 60.9 Å². The first kappa shape index (κ1) is 16.2. The van der Waals surface area contributed by atoms with E-state index in [1.54, 1.807) is 17.8 Å². The van der Waals surface area contributed by atoms with Crippen molar-refractivity contribution >= 4 is 10.9 Å². The largest absolute Gasteiger partial charge is 0.326 e. The zero-order valence-corrected chi connectivity index (χ0v) is 14.5. The molecule has 2 aromatic carbocycles. The highest BCUT2D eigenvalue weighted by atomic mass is 16.1. The van der Waals surface area contributed by atoms with Gasteiger partial charge in [0.2, 0.25) is 0 Å². The van der Waals surface area contributed by atoms with Crippen molar-refractivity contribution in [2.75, 3.05) is 0 Å². The predicted molar refractivity (Wildman–Crippen MR) is 106 cm³/mol. The fourth-order valence-electron chi connectivity index (χ4n) is 3.12. The average Bonchev–Trinajstić information content (AvgIpc) is 2.71. The molecule has 4 rings (SSSR count). The molecule has 4 nitrogen and oxygen atoms in total. The Morgan fingerprint density at radius 2 is 1.69 bits per heavy atom. The summed E-state index contributed by atoms with van der Waals surface area (Å²) in [5.74, 6) is 0. The van der Waals surface area contributed by atoms with Crippen molar-refractivity contribution in [3.8, 4) is 22.4 Å². The third kappa shape index (κ3) is 2.80. The molecule has 0 atom stereocenters. The van der Waals surface area contributed by atoms with Crippen LogP contribution in [-0.2, 0) is 13.6 Å². The molecule has 0 aliphatic heterocycles. The molecule has 0 saturated heterocycles. The zero-order valence-electron chi connectivity index (χ0n) is 14.5. The zero-order chi connectivity index (χ0) is 18.1. The summed E-state index contributed by atoms with van der Waals surface area (Å²) in [5.41, 5.74) is 11.3. The molecule has 0 aliphatic rings. The molecule has 0 radical (unpaired) electrons. The van der Waals surface area contributed by atoms with Gasteiger partial charge < -0.3 is 10.3 Å². The molecule has 4 aromatic rings. The first-order chi connectivity index (χ1) is 12.7. The smallest absolute Gasteiger partial charge is 0.259 e. The number of hydrogen-bond acceptors (Lipinski definition) is 3. The van der Waals surface area contributed by atoms with Gasteiger partial charge in [-0.1, -0.05) is 54.6 Å². The SMILES string of the molecule is Cn1ccc2nc(-c3ccc(CN)cc3)c(-c3ccccc3)cc2c1=O. The maximum atomic E-state index is 12.6. The maximum absolute atomic E-state index is 12.6. The molecule has 0 unspecified atom stereocenters. The fraction of sp³-hybridized carbons (Fsp3) is 0.0909. The number of fused-ring (bicyclic) bond motifs is 1. The normalized spacial score (nSPS) is 11.0. The van der Waals surface area contributed by atoms with E-state index in [9.17, 15) is 4.79 Å². The van der Waals surface area contributed by atoms with Gasteiger partial charge in [-0.15, -0.1) is 0 Å². The van der Waals surface area contributed by atoms with Gasteiger partial charge in [-0.25, -0.2) is 4.98 Å². The van der Waals surface area contributed by atoms with Crippen LogP contribution in [0.1, 0.15) is 5.56 Å². The molecule has 4 heteroatoms. The van der Waals surface area contributed by atoms with E-state index in [0.29, 0.717) is 17.4 Å². The Labute approximate surface area is 151 Å². The monoisotopic (exact) mass is 341 g/mol. The van der Waals surface area contributed by atoms with Crippen molar-refractivity contribution in [1.82, 2.24) is 9.55 Å². The van der Waals surface area contributed by atoms with E-state index in [0.717, 1.165) is 27.9 Å². The van der Waals surface area contributed by atoms with E-state index in [1.807, 2.05) is 66.7 Å². The number of nitrogens with two attached hydrogens (primary N) is 1. The van der Waals surface area contributed by atoms with Gasteiger partial charge in [0.05, 0.1) is 16.6 Å². The average molecular weight is 341 g/mol. The highest BCUT2D eigenvalue weighted by molar-refractivity contribution is 5.91. The van der Waals surface area contributed by atoms with E-state index in [-0.39, 0.29) is 5.56 Å². The van der Waals surface area contributed by atoms with Crippen molar-refractivity contribution in [1.29, 1.82) is 0 Å². The summed E-state index contributed by atoms with van der Waals surface area (Å²) in [6.45, 7) is 0.507. The Hall–Kier alpha value is -3.24. The minimum atomic E-state index is -0.0442. The lowest BCUT2D eigenvalue weighted by molar-refractivity contribution is 0.872. The van der Waals surface area contributed by atoms with Crippen LogP contribution in [0.3, 0.4) is 0 Å². The first-order valence-electron chi connectivity index (χ1n) is 8.52. The Kier molecular flexibility index (Phi) is 4.11. The van der Waals surface area contributed by atoms with E-state index >= 15 is 0 Å². The second-order valence-electron chi connectivity index (χ2n) is 6.32. The van der Waals surface area contributed by atoms with Crippen LogP contribution in [-0.4, -0.2) is 9.55 Å². The third-order valence-electron chi connectivity index (χ3n) is 4.61. The number of aromatic nitrogens is 2. The Bertz CT molecular complexity index is 1130. The predicted octanol–water partition coefficient (Wildman–Crippen LogP) is 3.73. The maximum Gasteiger partial charge on any atom is 0.259 e. The van der Waals surface area contributed by atoms with Gasteiger partial charge in [0.15, 0.2) is 0 Å². The van der Waals surface area contributed by atoms with Crippen LogP contribution >= 0.6 is 0 Å². The molecule has 0 amide bonds. The van der Waals surface area contributed by atoms with Crippen molar-refractivity contribution < 1.29 is 0 Å². The van der Waals surface area contributed by atoms with E-state index in [1.165, 1.54) is 0 Å². The molecule has 0 saturated carbocycles. The molecule has 2 N–H and O–H groups in total. The highest BCUT2D eigenvalue weighted by Crippen LogP contribution is 2.32. The van der Waals surface area contributed by atoms with Crippen LogP contribution in [0, 0.1) is 0 Å². The summed E-state index contributed by atoms with van der Waals surface area (Å²) in [4.78, 5) is 17.4. The quantitative estimate of drug-likeness (QED) is 0.618. The van der Waals surface area contributed by atoms with Crippen molar-refractivity contribution in [3.05, 3.63) is 88.8 Å². The van der Waals surface area contributed by atoms with E-state index < -0.39 is 0 Å². The summed E-state index contributed by atoms with van der Waals surface area (Å²) in [6, 6.07) is 22.0. The van der Waals surface area contributed by atoms with Gasteiger partial charge >= 0.3 is 0 Å². The Balaban J connectivity index is 2.03. The second-order valence-corrected chi connectivity index (χ2v) is 6.32. The molecule has 2 heterocycles. The third-order valence-corrected chi connectivity index (χ3v) is 4.61. The number of benzene rings is 2. The standard InChI is InChI=1S/C22H19N3O/c1-25-12-11-20-19(22(25)26)13-18(16-5-3-2-4-6-16)21(24-20)17-9-7-15(14-23)8-10-17/h2-13H,14,23H2,1H3. The molecule has 0 fully saturated rings. The summed E-state index contributed by atoms with van der Waals surface area (Å²) in [6.07, 6.45) is 1.75. The fourth-order valence-corrected chi connectivity index (χ4v) is 3.12. The van der Waals surface area contributed by atoms with E-state index in [4.69, 9.17) is 10.7 Å². The minimum absolute atomic E-state index is 0.0442. The molecule has 0 bridgehead atoms. The van der Waals surface area contributed by atoms with Crippen LogP contribution < -0.4 is 11.3 Å². The lowest BCUT2D eigenvalue weighted by Gasteiger charge is -2.12. The number of hydrogen-bond donors (Lipinski definition) is 1. The first-order valence-corrected chi connectivity index (χ1v) is 8.52. The lowest BCUT2D eigenvalue weighted by Crippen LogP contribution is -2.16. The van der Waals surface area contributed by atoms with Gasteiger partial charge in [-0.2, -0.15) is 0 Å². The summed E-state index contributed by atoms with van der Waals surface area (Å²) < 4.78 is 1.58. The van der Waals surface area contributed by atoms with Gasteiger partial charge in [0.1, 0.15) is 0 Å². The van der Waals surface area contributed by atoms with Crippen molar-refractivity contribution in [2.24, 2.45) is 12.8 Å². The van der Waals surface area contributed by atoms with Crippen LogP contribution in [0.25, 0.3) is 33.3 Å². The Morgan fingerprint density at radius 3 is 2.38 bits per heavy atom. The van der Waals surface area contributed by atoms with Crippen molar-refractivity contribution in [3.63, 3.8) is 0 Å². The highest BCUT2D eigenvalue weighted by Gasteiger charge is 2.13. The molecule has 0 aliphatic carbocycles. The molecular weight excluding hydrogens is 322 g/mol. The van der Waals surface area contributed by atoms with Crippen LogP contribution in [0.15, 0.2) is 77.7 Å². The van der Waals surface area contributed by atoms with Gasteiger partial charge in [-0.3, -0.25) is 4.79 Å². The van der Waals surface area contributed by atoms with Gasteiger partial charge in [-0.05, 0) is 23.3 Å². The van der Waals surface area contributed by atoms with Crippen LogP contribution in [0.2, 0.25) is 0 Å². The molecule has 128 valence electrons. The summed E-state index contributed by atoms with van der Waals surface area (Å²) in [7, 11) is 1.75. The second kappa shape index (κ2) is 6.58. The molecule has 0 spiro atoms.